The second kappa shape index (κ2) is 19.1. The fourth-order valence-corrected chi connectivity index (χ4v) is 4.06. The van der Waals surface area contributed by atoms with Crippen LogP contribution in [-0.4, -0.2) is 36.6 Å². The highest BCUT2D eigenvalue weighted by Gasteiger charge is 2.31. The number of nitrogens with one attached hydrogen (secondary N) is 2. The van der Waals surface area contributed by atoms with Crippen LogP contribution in [0.25, 0.3) is 0 Å². The lowest BCUT2D eigenvalue weighted by atomic mass is 10.1. The first-order valence-corrected chi connectivity index (χ1v) is 14.1. The topological polar surface area (TPSA) is 81.7 Å². The van der Waals surface area contributed by atoms with E-state index in [2.05, 4.69) is 37.1 Å². The Morgan fingerprint density at radius 1 is 1.05 bits per heavy atom. The highest BCUT2D eigenvalue weighted by atomic mass is 35.5. The first kappa shape index (κ1) is 34.0. The molecule has 4 rings (SSSR count). The molecule has 0 aromatic heterocycles. The molecule has 6 nitrogen and oxygen atoms in total. The summed E-state index contributed by atoms with van der Waals surface area (Å²) in [5, 5.41) is 15.9. The fraction of sp³-hybridized carbons (Fsp3) is 0.355. The zero-order valence-electron chi connectivity index (χ0n) is 23.6. The number of aryl methyl sites for hydroxylation is 1. The van der Waals surface area contributed by atoms with Crippen LogP contribution in [0, 0.1) is 13.8 Å². The Kier molecular flexibility index (Phi) is 16.7. The van der Waals surface area contributed by atoms with E-state index < -0.39 is 0 Å². The van der Waals surface area contributed by atoms with Gasteiger partial charge in [-0.05, 0) is 74.7 Å². The molecule has 1 atom stereocenters. The third-order valence-electron chi connectivity index (χ3n) is 5.81. The molecular formula is C31H42ClN3O3S. The van der Waals surface area contributed by atoms with Crippen molar-refractivity contribution in [1.29, 1.82) is 0 Å². The Hall–Kier alpha value is -3.00. The maximum Gasteiger partial charge on any atom is 0.227 e. The molecule has 3 N–H and O–H groups in total. The van der Waals surface area contributed by atoms with Crippen LogP contribution in [0.3, 0.4) is 0 Å². The molecule has 212 valence electrons. The van der Waals surface area contributed by atoms with E-state index in [1.54, 1.807) is 4.90 Å². The summed E-state index contributed by atoms with van der Waals surface area (Å²) in [6.45, 7) is 11.5. The summed E-state index contributed by atoms with van der Waals surface area (Å²) in [6, 6.07) is 21.2. The molecule has 1 fully saturated rings. The highest BCUT2D eigenvalue weighted by Crippen LogP contribution is 2.26. The standard InChI is InChI=1S/C13H16N2O3.C9H12ClN.C7H8S.C2H6/c16-8-12-5-6-13(18)15(12)11-3-1-10(2-4-11)7-14-9-17;1-3-11-9-6-4-5-8(10)7(9)2;1-6-2-4-7(8)5-3-6;1-2/h1-4,9,12,16H,5-8H2,(H,14,17);4-6,11H,3H2,1-2H3;2-5,8H,1H3;1-2H3. The van der Waals surface area contributed by atoms with Crippen molar-refractivity contribution in [2.24, 2.45) is 0 Å². The Morgan fingerprint density at radius 2 is 1.69 bits per heavy atom. The van der Waals surface area contributed by atoms with Gasteiger partial charge in [-0.3, -0.25) is 9.59 Å². The number of carbonyl (C=O) groups excluding carboxylic acids is 2. The van der Waals surface area contributed by atoms with Gasteiger partial charge >= 0.3 is 0 Å². The van der Waals surface area contributed by atoms with Crippen molar-refractivity contribution < 1.29 is 14.7 Å². The van der Waals surface area contributed by atoms with Crippen LogP contribution >= 0.6 is 24.2 Å². The van der Waals surface area contributed by atoms with Gasteiger partial charge in [0.15, 0.2) is 0 Å². The molecular weight excluding hydrogens is 530 g/mol. The zero-order chi connectivity index (χ0) is 29.2. The lowest BCUT2D eigenvalue weighted by Gasteiger charge is -2.23. The summed E-state index contributed by atoms with van der Waals surface area (Å²) >= 11 is 10.0. The predicted octanol–water partition coefficient (Wildman–Crippen LogP) is 6.81. The number of hydrogen-bond donors (Lipinski definition) is 4. The number of nitrogens with zero attached hydrogens (tertiary/aromatic N) is 1. The number of benzene rings is 3. The first-order valence-electron chi connectivity index (χ1n) is 13.2. The predicted molar refractivity (Wildman–Crippen MR) is 167 cm³/mol. The first-order chi connectivity index (χ1) is 18.8. The van der Waals surface area contributed by atoms with Gasteiger partial charge in [-0.2, -0.15) is 0 Å². The molecule has 1 heterocycles. The Labute approximate surface area is 244 Å². The third-order valence-corrected chi connectivity index (χ3v) is 6.52. The van der Waals surface area contributed by atoms with Gasteiger partial charge in [0.2, 0.25) is 12.3 Å². The molecule has 0 radical (unpaired) electrons. The minimum Gasteiger partial charge on any atom is -0.394 e. The molecule has 2 amide bonds. The van der Waals surface area contributed by atoms with Crippen molar-refractivity contribution in [2.75, 3.05) is 23.4 Å². The molecule has 8 heteroatoms. The van der Waals surface area contributed by atoms with E-state index in [-0.39, 0.29) is 18.6 Å². The van der Waals surface area contributed by atoms with E-state index in [4.69, 9.17) is 11.6 Å². The highest BCUT2D eigenvalue weighted by molar-refractivity contribution is 7.80. The number of amides is 2. The van der Waals surface area contributed by atoms with E-state index in [0.29, 0.717) is 25.8 Å². The maximum atomic E-state index is 11.8. The summed E-state index contributed by atoms with van der Waals surface area (Å²) in [5.74, 6) is 0.0489. The minimum absolute atomic E-state index is 0.0137. The molecule has 39 heavy (non-hydrogen) atoms. The average Bonchev–Trinajstić information content (AvgIpc) is 3.34. The molecule has 3 aromatic carbocycles. The third kappa shape index (κ3) is 11.7. The van der Waals surface area contributed by atoms with Crippen LogP contribution < -0.4 is 15.5 Å². The SMILES string of the molecule is CC.CCNc1cccc(Cl)c1C.Cc1ccc(S)cc1.O=CNCc1ccc(N2C(=O)CCC2CO)cc1. The normalized spacial score (nSPS) is 13.6. The van der Waals surface area contributed by atoms with E-state index in [1.165, 1.54) is 5.56 Å². The van der Waals surface area contributed by atoms with Crippen LogP contribution in [0.2, 0.25) is 5.02 Å². The molecule has 1 unspecified atom stereocenters. The number of aliphatic hydroxyl groups excluding tert-OH is 1. The summed E-state index contributed by atoms with van der Waals surface area (Å²) < 4.78 is 0. The van der Waals surface area contributed by atoms with Gasteiger partial charge in [0.1, 0.15) is 0 Å². The molecule has 1 aliphatic heterocycles. The molecule has 0 saturated carbocycles. The van der Waals surface area contributed by atoms with Gasteiger partial charge in [-0.15, -0.1) is 12.6 Å². The molecule has 1 saturated heterocycles. The van der Waals surface area contributed by atoms with Crippen LogP contribution in [0.4, 0.5) is 11.4 Å². The number of hydrogen-bond acceptors (Lipinski definition) is 5. The van der Waals surface area contributed by atoms with E-state index in [9.17, 15) is 14.7 Å². The number of aliphatic hydroxyl groups is 1. The largest absolute Gasteiger partial charge is 0.394 e. The zero-order valence-corrected chi connectivity index (χ0v) is 25.2. The van der Waals surface area contributed by atoms with E-state index in [1.807, 2.05) is 87.5 Å². The number of thiol groups is 1. The molecule has 3 aromatic rings. The summed E-state index contributed by atoms with van der Waals surface area (Å²) in [4.78, 5) is 24.6. The van der Waals surface area contributed by atoms with Gasteiger partial charge in [-0.25, -0.2) is 0 Å². The summed E-state index contributed by atoms with van der Waals surface area (Å²) in [5.41, 5.74) is 5.29. The molecule has 0 bridgehead atoms. The van der Waals surface area contributed by atoms with Crippen LogP contribution in [0.15, 0.2) is 71.6 Å². The van der Waals surface area contributed by atoms with E-state index >= 15 is 0 Å². The van der Waals surface area contributed by atoms with Crippen LogP contribution in [-0.2, 0) is 16.1 Å². The quantitative estimate of drug-likeness (QED) is 0.185. The fourth-order valence-electron chi connectivity index (χ4n) is 3.74. The molecule has 0 spiro atoms. The lowest BCUT2D eigenvalue weighted by molar-refractivity contribution is -0.117. The Bertz CT molecular complexity index is 1100. The van der Waals surface area contributed by atoms with Gasteiger partial charge in [0.05, 0.1) is 12.6 Å². The number of rotatable bonds is 7. The Balaban J connectivity index is 0.000000309. The lowest BCUT2D eigenvalue weighted by Crippen LogP contribution is -2.35. The van der Waals surface area contributed by atoms with Crippen molar-refractivity contribution >= 4 is 47.9 Å². The molecule has 1 aliphatic rings. The van der Waals surface area contributed by atoms with Crippen LogP contribution in [0.1, 0.15) is 50.3 Å². The van der Waals surface area contributed by atoms with Crippen molar-refractivity contribution in [3.05, 3.63) is 88.4 Å². The number of halogens is 1. The average molecular weight is 572 g/mol. The second-order valence-corrected chi connectivity index (χ2v) is 9.51. The van der Waals surface area contributed by atoms with Gasteiger partial charge in [0.25, 0.3) is 0 Å². The van der Waals surface area contributed by atoms with Crippen molar-refractivity contribution in [1.82, 2.24) is 5.32 Å². The number of anilines is 2. The van der Waals surface area contributed by atoms with Crippen molar-refractivity contribution in [2.45, 2.75) is 64.9 Å². The van der Waals surface area contributed by atoms with Crippen molar-refractivity contribution in [3.63, 3.8) is 0 Å². The maximum absolute atomic E-state index is 11.8. The summed E-state index contributed by atoms with van der Waals surface area (Å²) in [7, 11) is 0. The minimum atomic E-state index is -0.114. The summed E-state index contributed by atoms with van der Waals surface area (Å²) in [6.07, 6.45) is 1.84. The van der Waals surface area contributed by atoms with Crippen LogP contribution in [0.5, 0.6) is 0 Å². The van der Waals surface area contributed by atoms with Crippen molar-refractivity contribution in [3.8, 4) is 0 Å². The number of carbonyl (C=O) groups is 2. The smallest absolute Gasteiger partial charge is 0.227 e. The van der Waals surface area contributed by atoms with E-state index in [0.717, 1.165) is 39.0 Å². The van der Waals surface area contributed by atoms with Gasteiger partial charge in [0, 0.05) is 40.8 Å². The molecule has 0 aliphatic carbocycles. The Morgan fingerprint density at radius 3 is 2.23 bits per heavy atom. The van der Waals surface area contributed by atoms with Gasteiger partial charge < -0.3 is 20.6 Å². The van der Waals surface area contributed by atoms with Gasteiger partial charge in [-0.1, -0.05) is 61.3 Å². The second-order valence-electron chi connectivity index (χ2n) is 8.58. The monoisotopic (exact) mass is 571 g/mol.